The van der Waals surface area contributed by atoms with Crippen LogP contribution in [0.2, 0.25) is 0 Å². The van der Waals surface area contributed by atoms with Crippen molar-refractivity contribution < 1.29 is 22.7 Å². The molecule has 0 atom stereocenters. The van der Waals surface area contributed by atoms with Crippen LogP contribution in [0.5, 0.6) is 5.88 Å². The van der Waals surface area contributed by atoms with E-state index in [2.05, 4.69) is 5.10 Å². The number of rotatable bonds is 7. The van der Waals surface area contributed by atoms with E-state index in [4.69, 9.17) is 4.74 Å². The molecule has 162 valence electrons. The highest BCUT2D eigenvalue weighted by Gasteiger charge is 2.25. The summed E-state index contributed by atoms with van der Waals surface area (Å²) in [7, 11) is -1.81. The van der Waals surface area contributed by atoms with Gasteiger partial charge >= 0.3 is 0 Å². The average Bonchev–Trinajstić information content (AvgIpc) is 3.08. The second-order valence-corrected chi connectivity index (χ2v) is 9.44. The molecule has 2 aromatic carbocycles. The summed E-state index contributed by atoms with van der Waals surface area (Å²) in [4.78, 5) is 25.9. The fourth-order valence-electron chi connectivity index (χ4n) is 3.60. The topological polar surface area (TPSA) is 95.3 Å². The van der Waals surface area contributed by atoms with E-state index >= 15 is 0 Å². The first kappa shape index (κ1) is 22.4. The SMILES string of the molecule is Cc1cc(C(=O)c2cnn(C)c2OCC(=O)c2ccccc2)c(C)c(C)c1S(C)(=O)=O. The molecule has 1 heterocycles. The molecule has 0 spiro atoms. The Bertz CT molecular complexity index is 1280. The second kappa shape index (κ2) is 8.47. The third-order valence-electron chi connectivity index (χ3n) is 5.21. The number of ketones is 2. The smallest absolute Gasteiger partial charge is 0.223 e. The van der Waals surface area contributed by atoms with Crippen LogP contribution in [0.4, 0.5) is 0 Å². The maximum atomic E-state index is 13.3. The van der Waals surface area contributed by atoms with Crippen molar-refractivity contribution in [2.24, 2.45) is 7.05 Å². The van der Waals surface area contributed by atoms with Gasteiger partial charge in [0.05, 0.1) is 11.1 Å². The summed E-state index contributed by atoms with van der Waals surface area (Å²) >= 11 is 0. The van der Waals surface area contributed by atoms with E-state index in [0.29, 0.717) is 27.8 Å². The van der Waals surface area contributed by atoms with Crippen molar-refractivity contribution in [1.82, 2.24) is 9.78 Å². The van der Waals surface area contributed by atoms with Gasteiger partial charge in [0.15, 0.2) is 28.0 Å². The lowest BCUT2D eigenvalue weighted by Crippen LogP contribution is -2.16. The first-order valence-corrected chi connectivity index (χ1v) is 11.5. The Morgan fingerprint density at radius 1 is 1.03 bits per heavy atom. The Kier molecular flexibility index (Phi) is 6.13. The lowest BCUT2D eigenvalue weighted by Gasteiger charge is -2.15. The summed E-state index contributed by atoms with van der Waals surface area (Å²) < 4.78 is 31.4. The van der Waals surface area contributed by atoms with Gasteiger partial charge in [0.1, 0.15) is 5.56 Å². The lowest BCUT2D eigenvalue weighted by molar-refractivity contribution is 0.0908. The quantitative estimate of drug-likeness (QED) is 0.524. The Hall–Kier alpha value is -3.26. The highest BCUT2D eigenvalue weighted by Crippen LogP contribution is 2.29. The van der Waals surface area contributed by atoms with Crippen molar-refractivity contribution in [3.63, 3.8) is 0 Å². The van der Waals surface area contributed by atoms with Gasteiger partial charge in [-0.1, -0.05) is 30.3 Å². The standard InChI is InChI=1S/C23H24N2O5S/c1-14-11-18(15(2)16(3)22(14)31(5,28)29)21(27)19-12-24-25(4)23(19)30-13-20(26)17-9-7-6-8-10-17/h6-12H,13H2,1-5H3. The monoisotopic (exact) mass is 440 g/mol. The van der Waals surface area contributed by atoms with E-state index in [9.17, 15) is 18.0 Å². The van der Waals surface area contributed by atoms with E-state index in [-0.39, 0.29) is 34.5 Å². The van der Waals surface area contributed by atoms with Gasteiger partial charge < -0.3 is 4.74 Å². The molecular formula is C23H24N2O5S. The number of nitrogens with zero attached hydrogens (tertiary/aromatic N) is 2. The summed E-state index contributed by atoms with van der Waals surface area (Å²) in [5.74, 6) is -0.393. The molecule has 0 aliphatic heterocycles. The molecule has 1 aromatic heterocycles. The fraction of sp³-hybridized carbons (Fsp3) is 0.261. The summed E-state index contributed by atoms with van der Waals surface area (Å²) in [6, 6.07) is 10.3. The largest absolute Gasteiger partial charge is 0.469 e. The van der Waals surface area contributed by atoms with Gasteiger partial charge in [-0.05, 0) is 43.5 Å². The van der Waals surface area contributed by atoms with Crippen LogP contribution in [-0.2, 0) is 16.9 Å². The summed E-state index contributed by atoms with van der Waals surface area (Å²) in [5.41, 5.74) is 2.70. The molecule has 0 N–H and O–H groups in total. The molecule has 0 bridgehead atoms. The number of aromatic nitrogens is 2. The van der Waals surface area contributed by atoms with Gasteiger partial charge in [0.25, 0.3) is 0 Å². The third kappa shape index (κ3) is 4.44. The van der Waals surface area contributed by atoms with Crippen LogP contribution in [-0.4, -0.2) is 42.6 Å². The zero-order valence-electron chi connectivity index (χ0n) is 18.1. The van der Waals surface area contributed by atoms with Crippen LogP contribution in [0, 0.1) is 20.8 Å². The number of hydrogen-bond donors (Lipinski definition) is 0. The minimum absolute atomic E-state index is 0.177. The van der Waals surface area contributed by atoms with Gasteiger partial charge in [-0.25, -0.2) is 13.1 Å². The number of aryl methyl sites for hydroxylation is 2. The maximum absolute atomic E-state index is 13.3. The molecular weight excluding hydrogens is 416 g/mol. The molecule has 0 amide bonds. The van der Waals surface area contributed by atoms with Crippen LogP contribution in [0.25, 0.3) is 0 Å². The summed E-state index contributed by atoms with van der Waals surface area (Å²) in [6.45, 7) is 4.83. The Labute approximate surface area is 181 Å². The zero-order chi connectivity index (χ0) is 22.9. The fourth-order valence-corrected chi connectivity index (χ4v) is 4.96. The number of carbonyl (C=O) groups is 2. The predicted molar refractivity (Wildman–Crippen MR) is 117 cm³/mol. The molecule has 0 radical (unpaired) electrons. The Morgan fingerprint density at radius 2 is 1.68 bits per heavy atom. The van der Waals surface area contributed by atoms with E-state index in [1.807, 2.05) is 6.07 Å². The number of ether oxygens (including phenoxy) is 1. The van der Waals surface area contributed by atoms with Crippen LogP contribution in [0.1, 0.15) is 43.0 Å². The Balaban J connectivity index is 1.95. The van der Waals surface area contributed by atoms with Crippen molar-refractivity contribution in [2.75, 3.05) is 12.9 Å². The molecule has 3 aromatic rings. The molecule has 0 saturated carbocycles. The lowest BCUT2D eigenvalue weighted by atomic mass is 9.95. The Morgan fingerprint density at radius 3 is 2.29 bits per heavy atom. The molecule has 0 unspecified atom stereocenters. The first-order valence-electron chi connectivity index (χ1n) is 9.61. The van der Waals surface area contributed by atoms with E-state index < -0.39 is 9.84 Å². The number of benzene rings is 2. The molecule has 31 heavy (non-hydrogen) atoms. The average molecular weight is 441 g/mol. The van der Waals surface area contributed by atoms with Crippen molar-refractivity contribution in [3.8, 4) is 5.88 Å². The third-order valence-corrected chi connectivity index (χ3v) is 6.58. The first-order chi connectivity index (χ1) is 14.5. The minimum atomic E-state index is -3.43. The normalized spacial score (nSPS) is 11.4. The van der Waals surface area contributed by atoms with E-state index in [0.717, 1.165) is 6.26 Å². The van der Waals surface area contributed by atoms with Gasteiger partial charge in [-0.2, -0.15) is 5.10 Å². The molecule has 7 nitrogen and oxygen atoms in total. The van der Waals surface area contributed by atoms with Gasteiger partial charge in [-0.15, -0.1) is 0 Å². The molecule has 8 heteroatoms. The highest BCUT2D eigenvalue weighted by atomic mass is 32.2. The van der Waals surface area contributed by atoms with Crippen LogP contribution in [0.15, 0.2) is 47.5 Å². The molecule has 0 saturated heterocycles. The maximum Gasteiger partial charge on any atom is 0.223 e. The van der Waals surface area contributed by atoms with Crippen LogP contribution < -0.4 is 4.74 Å². The molecule has 3 rings (SSSR count). The van der Waals surface area contributed by atoms with Crippen molar-refractivity contribution >= 4 is 21.4 Å². The van der Waals surface area contributed by atoms with Crippen molar-refractivity contribution in [2.45, 2.75) is 25.7 Å². The van der Waals surface area contributed by atoms with Crippen LogP contribution >= 0.6 is 0 Å². The van der Waals surface area contributed by atoms with Crippen molar-refractivity contribution in [3.05, 3.63) is 76.0 Å². The number of hydrogen-bond acceptors (Lipinski definition) is 6. The predicted octanol–water partition coefficient (Wildman–Crippen LogP) is 3.24. The summed E-state index contributed by atoms with van der Waals surface area (Å²) in [5, 5.41) is 4.11. The number of sulfone groups is 1. The molecule has 0 fully saturated rings. The number of Topliss-reactive ketones (excluding diaryl/α,β-unsaturated/α-hetero) is 1. The zero-order valence-corrected chi connectivity index (χ0v) is 18.9. The van der Waals surface area contributed by atoms with Gasteiger partial charge in [-0.3, -0.25) is 9.59 Å². The molecule has 0 aliphatic rings. The van der Waals surface area contributed by atoms with E-state index in [1.165, 1.54) is 10.9 Å². The molecule has 0 aliphatic carbocycles. The van der Waals surface area contributed by atoms with Crippen LogP contribution in [0.3, 0.4) is 0 Å². The van der Waals surface area contributed by atoms with Gasteiger partial charge in [0, 0.05) is 24.4 Å². The summed E-state index contributed by atoms with van der Waals surface area (Å²) in [6.07, 6.45) is 2.54. The van der Waals surface area contributed by atoms with Gasteiger partial charge in [0.2, 0.25) is 5.88 Å². The minimum Gasteiger partial charge on any atom is -0.469 e. The highest BCUT2D eigenvalue weighted by molar-refractivity contribution is 7.90. The second-order valence-electron chi connectivity index (χ2n) is 7.49. The van der Waals surface area contributed by atoms with E-state index in [1.54, 1.807) is 58.2 Å². The number of carbonyl (C=O) groups excluding carboxylic acids is 2. The van der Waals surface area contributed by atoms with Crippen molar-refractivity contribution in [1.29, 1.82) is 0 Å².